The van der Waals surface area contributed by atoms with Crippen molar-refractivity contribution in [2.24, 2.45) is 7.05 Å². The molecule has 69 heavy (non-hydrogen) atoms. The van der Waals surface area contributed by atoms with Crippen molar-refractivity contribution in [2.75, 3.05) is 94.6 Å². The van der Waals surface area contributed by atoms with Crippen LogP contribution in [-0.4, -0.2) is 132 Å². The number of alkyl halides is 3. The van der Waals surface area contributed by atoms with Crippen molar-refractivity contribution >= 4 is 57.0 Å². The van der Waals surface area contributed by atoms with Crippen molar-refractivity contribution in [3.63, 3.8) is 0 Å². The summed E-state index contributed by atoms with van der Waals surface area (Å²) in [6, 6.07) is 16.0. The van der Waals surface area contributed by atoms with Gasteiger partial charge in [-0.1, -0.05) is 62.4 Å². The first-order chi connectivity index (χ1) is 33.3. The summed E-state index contributed by atoms with van der Waals surface area (Å²) in [5.41, 5.74) is 4.31. The van der Waals surface area contributed by atoms with Crippen LogP contribution in [0, 0.1) is 13.8 Å². The van der Waals surface area contributed by atoms with Gasteiger partial charge in [-0.15, -0.1) is 5.10 Å². The second kappa shape index (κ2) is 23.7. The Kier molecular flexibility index (Phi) is 17.5. The van der Waals surface area contributed by atoms with Gasteiger partial charge in [0.2, 0.25) is 11.8 Å². The van der Waals surface area contributed by atoms with Crippen molar-refractivity contribution in [3.8, 4) is 0 Å². The van der Waals surface area contributed by atoms with Crippen LogP contribution in [0.1, 0.15) is 105 Å². The summed E-state index contributed by atoms with van der Waals surface area (Å²) in [6.07, 6.45) is 5.64. The molecule has 2 aliphatic rings. The quantitative estimate of drug-likeness (QED) is 0.0456. The molecule has 2 aromatic heterocycles. The molecule has 3 N–H and O–H groups in total. The zero-order chi connectivity index (χ0) is 49.1. The first kappa shape index (κ1) is 51.1. The maximum atomic E-state index is 13.7. The van der Waals surface area contributed by atoms with Crippen molar-refractivity contribution in [1.82, 2.24) is 40.0 Å². The number of likely N-dealkylation sites (N-methyl/N-ethyl adjacent to an activating group) is 1. The average Bonchev–Trinajstić information content (AvgIpc) is 3.69. The average molecular weight is 954 g/mol. The van der Waals surface area contributed by atoms with Crippen LogP contribution in [0.4, 0.5) is 30.4 Å². The van der Waals surface area contributed by atoms with Gasteiger partial charge in [0, 0.05) is 94.7 Å². The van der Waals surface area contributed by atoms with Crippen molar-refractivity contribution in [1.29, 1.82) is 0 Å². The third-order valence-electron chi connectivity index (χ3n) is 14.1. The highest BCUT2D eigenvalue weighted by Gasteiger charge is 2.34. The molecule has 3 aromatic carbocycles. The summed E-state index contributed by atoms with van der Waals surface area (Å²) in [5, 5.41) is 25.6. The van der Waals surface area contributed by atoms with E-state index in [0.29, 0.717) is 36.6 Å². The number of halogens is 3. The Morgan fingerprint density at radius 3 is 2.10 bits per heavy atom. The third-order valence-corrected chi connectivity index (χ3v) is 14.1. The van der Waals surface area contributed by atoms with Crippen LogP contribution < -0.4 is 20.9 Å². The number of nitrogens with one attached hydrogen (secondary N) is 3. The van der Waals surface area contributed by atoms with Gasteiger partial charge in [-0.25, -0.2) is 0 Å². The molecule has 2 atom stereocenters. The van der Waals surface area contributed by atoms with E-state index in [9.17, 15) is 27.6 Å². The minimum absolute atomic E-state index is 0.0611. The number of aromatic nitrogens is 4. The molecule has 5 aromatic rings. The second-order valence-corrected chi connectivity index (χ2v) is 18.7. The Labute approximate surface area is 404 Å². The lowest BCUT2D eigenvalue weighted by atomic mass is 9.96. The predicted octanol–water partition coefficient (Wildman–Crippen LogP) is 8.24. The molecule has 4 heterocycles. The maximum Gasteiger partial charge on any atom is 0.416 e. The molecular formula is C52H70F3N11O3. The smallest absolute Gasteiger partial charge is 0.374 e. The van der Waals surface area contributed by atoms with E-state index in [4.69, 9.17) is 0 Å². The minimum atomic E-state index is -4.41. The fourth-order valence-corrected chi connectivity index (χ4v) is 10.1. The molecule has 0 radical (unpaired) electrons. The fraction of sp³-hybridized carbons (Fsp3) is 0.538. The monoisotopic (exact) mass is 954 g/mol. The minimum Gasteiger partial charge on any atom is -0.374 e. The number of carbonyl (C=O) groups is 3. The molecule has 2 unspecified atom stereocenters. The van der Waals surface area contributed by atoms with E-state index < -0.39 is 23.7 Å². The number of nitrogens with zero attached hydrogens (tertiary/aromatic N) is 8. The van der Waals surface area contributed by atoms with Gasteiger partial charge in [0.15, 0.2) is 5.82 Å². The molecule has 7 rings (SSSR count). The molecule has 0 bridgehead atoms. The molecule has 0 saturated carbocycles. The highest BCUT2D eigenvalue weighted by Crippen LogP contribution is 2.37. The van der Waals surface area contributed by atoms with E-state index in [1.54, 1.807) is 17.8 Å². The Morgan fingerprint density at radius 1 is 0.797 bits per heavy atom. The number of hydrogen-bond acceptors (Lipinski definition) is 11. The first-order valence-electron chi connectivity index (χ1n) is 24.8. The number of aryl methyl sites for hydroxylation is 2. The number of rotatable bonds is 22. The number of piperazine rings is 2. The van der Waals surface area contributed by atoms with E-state index in [2.05, 4.69) is 64.1 Å². The number of amides is 2. The van der Waals surface area contributed by atoms with E-state index in [1.165, 1.54) is 57.9 Å². The summed E-state index contributed by atoms with van der Waals surface area (Å²) in [5.74, 6) is -0.0987. The van der Waals surface area contributed by atoms with Gasteiger partial charge < -0.3 is 30.5 Å². The van der Waals surface area contributed by atoms with Crippen molar-refractivity contribution < 1.29 is 27.6 Å². The van der Waals surface area contributed by atoms with Crippen LogP contribution in [0.5, 0.6) is 0 Å². The predicted molar refractivity (Wildman–Crippen MR) is 268 cm³/mol. The van der Waals surface area contributed by atoms with Crippen LogP contribution in [0.15, 0.2) is 54.6 Å². The van der Waals surface area contributed by atoms with Gasteiger partial charge in [0.1, 0.15) is 6.29 Å². The van der Waals surface area contributed by atoms with Crippen LogP contribution in [0.2, 0.25) is 0 Å². The number of unbranched alkanes of at least 4 members (excludes halogenated alkanes) is 6. The van der Waals surface area contributed by atoms with Gasteiger partial charge in [0.05, 0.1) is 46.7 Å². The summed E-state index contributed by atoms with van der Waals surface area (Å²) in [4.78, 5) is 46.5. The van der Waals surface area contributed by atoms with Crippen molar-refractivity contribution in [3.05, 3.63) is 82.7 Å². The second-order valence-electron chi connectivity index (χ2n) is 18.7. The van der Waals surface area contributed by atoms with Crippen molar-refractivity contribution in [2.45, 2.75) is 96.7 Å². The molecule has 0 spiro atoms. The number of hydrogen-bond donors (Lipinski definition) is 3. The molecule has 2 saturated heterocycles. The number of fused-ring (bicyclic) bond motifs is 2. The molecule has 2 fully saturated rings. The van der Waals surface area contributed by atoms with Gasteiger partial charge >= 0.3 is 6.18 Å². The largest absolute Gasteiger partial charge is 0.416 e. The van der Waals surface area contributed by atoms with Gasteiger partial charge in [-0.3, -0.25) is 24.1 Å². The van der Waals surface area contributed by atoms with E-state index in [-0.39, 0.29) is 30.3 Å². The normalized spacial score (nSPS) is 15.9. The zero-order valence-corrected chi connectivity index (χ0v) is 41.0. The molecule has 0 aliphatic carbocycles. The lowest BCUT2D eigenvalue weighted by molar-refractivity contribution is -0.138. The van der Waals surface area contributed by atoms with Gasteiger partial charge in [-0.05, 0) is 88.5 Å². The molecule has 2 amide bonds. The summed E-state index contributed by atoms with van der Waals surface area (Å²) in [7, 11) is 3.42. The highest BCUT2D eigenvalue weighted by atomic mass is 19.4. The molecule has 2 aliphatic heterocycles. The molecule has 372 valence electrons. The number of aldehydes is 1. The number of benzene rings is 3. The lowest BCUT2D eigenvalue weighted by Gasteiger charge is -2.36. The molecular weight excluding hydrogens is 884 g/mol. The third kappa shape index (κ3) is 12.7. The van der Waals surface area contributed by atoms with Crippen LogP contribution in [0.3, 0.4) is 0 Å². The zero-order valence-electron chi connectivity index (χ0n) is 41.0. The summed E-state index contributed by atoms with van der Waals surface area (Å²) >= 11 is 0. The number of carbonyl (C=O) groups excluding carboxylic acids is 3. The summed E-state index contributed by atoms with van der Waals surface area (Å²) < 4.78 is 42.7. The van der Waals surface area contributed by atoms with Gasteiger partial charge in [-0.2, -0.15) is 23.4 Å². The molecule has 17 heteroatoms. The van der Waals surface area contributed by atoms with Crippen LogP contribution in [0.25, 0.3) is 21.7 Å². The Balaban J connectivity index is 0.759. The van der Waals surface area contributed by atoms with Crippen LogP contribution in [-0.2, 0) is 27.6 Å². The molecule has 14 nitrogen and oxygen atoms in total. The maximum absolute atomic E-state index is 13.7. The SMILES string of the molecule is CNC(=O)C(CCC=O)c1nn(C)c2c(NCC(=O)N3CCN(CCCCCCCCCN4CCN(c5ccc6c(C)nnc(NC(C)c7cccc(C(F)(F)F)c7C)c6c5)CC4)CC3)cccc12. The number of para-hydroxylation sites is 1. The van der Waals surface area contributed by atoms with Gasteiger partial charge in [0.25, 0.3) is 0 Å². The van der Waals surface area contributed by atoms with E-state index >= 15 is 0 Å². The highest BCUT2D eigenvalue weighted by molar-refractivity contribution is 5.98. The Hall–Kier alpha value is -5.81. The fourth-order valence-electron chi connectivity index (χ4n) is 10.1. The van der Waals surface area contributed by atoms with E-state index in [0.717, 1.165) is 103 Å². The lowest BCUT2D eigenvalue weighted by Crippen LogP contribution is -2.50. The van der Waals surface area contributed by atoms with Crippen LogP contribution >= 0.6 is 0 Å². The summed E-state index contributed by atoms with van der Waals surface area (Å²) in [6.45, 7) is 14.7. The number of anilines is 3. The Morgan fingerprint density at radius 2 is 1.45 bits per heavy atom. The Bertz CT molecular complexity index is 2530. The van der Waals surface area contributed by atoms with E-state index in [1.807, 2.05) is 44.0 Å². The first-order valence-corrected chi connectivity index (χ1v) is 24.8. The topological polar surface area (TPSA) is 144 Å². The standard InChI is InChI=1S/C52H70F3N11O3/c1-36-40(16-13-19-45(36)52(53,54)55)37(2)58-50-44-34-39(21-22-41(44)38(3)59-60-50)65-29-25-63(26-30-65)23-11-9-7-6-8-10-12-24-64-27-31-66(32-28-64)47(68)35-57-46-20-14-17-42-48(61-62(5)49(42)46)43(18-15-33-67)51(69)56-4/h13-14,16-17,19-22,33-34,37,43,57H,6-12,15,18,23-32,35H2,1-5H3,(H,56,69)(H,58,60).